The summed E-state index contributed by atoms with van der Waals surface area (Å²) in [6.07, 6.45) is 7.06. The number of nitrogens with zero attached hydrogens (tertiary/aromatic N) is 3. The van der Waals surface area contributed by atoms with E-state index < -0.39 is 0 Å². The Balaban J connectivity index is 1.52. The van der Waals surface area contributed by atoms with Gasteiger partial charge >= 0.3 is 0 Å². The van der Waals surface area contributed by atoms with Crippen LogP contribution in [-0.2, 0) is 4.79 Å². The highest BCUT2D eigenvalue weighted by Gasteiger charge is 2.23. The first-order chi connectivity index (χ1) is 12.7. The number of piperidine rings is 1. The summed E-state index contributed by atoms with van der Waals surface area (Å²) in [5.74, 6) is 0.301. The second-order valence-corrected chi connectivity index (χ2v) is 6.97. The van der Waals surface area contributed by atoms with E-state index in [2.05, 4.69) is 15.3 Å². The van der Waals surface area contributed by atoms with E-state index in [0.29, 0.717) is 24.4 Å². The zero-order chi connectivity index (χ0) is 17.9. The van der Waals surface area contributed by atoms with E-state index in [1.165, 1.54) is 6.42 Å². The van der Waals surface area contributed by atoms with E-state index in [1.807, 2.05) is 29.2 Å². The molecule has 6 nitrogen and oxygen atoms in total. The molecule has 0 saturated carbocycles. The Bertz CT molecular complexity index is 813. The maximum atomic E-state index is 12.6. The van der Waals surface area contributed by atoms with Gasteiger partial charge in [-0.3, -0.25) is 14.6 Å². The quantitative estimate of drug-likeness (QED) is 0.922. The van der Waals surface area contributed by atoms with Crippen molar-refractivity contribution in [3.8, 4) is 11.3 Å². The minimum Gasteiger partial charge on any atom is -0.355 e. The molecule has 6 heteroatoms. The Kier molecular flexibility index (Phi) is 4.65. The topological polar surface area (TPSA) is 75.2 Å². The van der Waals surface area contributed by atoms with Crippen molar-refractivity contribution in [2.24, 2.45) is 0 Å². The maximum Gasteiger partial charge on any atom is 0.274 e. The largest absolute Gasteiger partial charge is 0.355 e. The Morgan fingerprint density at radius 2 is 1.85 bits per heavy atom. The lowest BCUT2D eigenvalue weighted by molar-refractivity contribution is -0.119. The van der Waals surface area contributed by atoms with Crippen LogP contribution in [0.15, 0.2) is 36.7 Å². The molecule has 3 heterocycles. The lowest BCUT2D eigenvalue weighted by Crippen LogP contribution is -2.36. The second kappa shape index (κ2) is 7.23. The van der Waals surface area contributed by atoms with Gasteiger partial charge < -0.3 is 10.2 Å². The first kappa shape index (κ1) is 16.7. The average molecular weight is 350 g/mol. The summed E-state index contributed by atoms with van der Waals surface area (Å²) in [5, 5.41) is 2.86. The Morgan fingerprint density at radius 1 is 1.08 bits per heavy atom. The molecule has 1 N–H and O–H groups in total. The highest BCUT2D eigenvalue weighted by atomic mass is 16.2. The van der Waals surface area contributed by atoms with Gasteiger partial charge in [-0.15, -0.1) is 0 Å². The van der Waals surface area contributed by atoms with Gasteiger partial charge in [0.05, 0.1) is 18.1 Å². The highest BCUT2D eigenvalue weighted by molar-refractivity contribution is 5.92. The molecule has 2 amide bonds. The van der Waals surface area contributed by atoms with Crippen LogP contribution in [0.25, 0.3) is 11.3 Å². The third kappa shape index (κ3) is 3.45. The molecule has 0 bridgehead atoms. The number of hydrogen-bond acceptors (Lipinski definition) is 4. The van der Waals surface area contributed by atoms with E-state index in [1.54, 1.807) is 12.4 Å². The van der Waals surface area contributed by atoms with Crippen molar-refractivity contribution in [3.05, 3.63) is 47.9 Å². The molecule has 2 fully saturated rings. The van der Waals surface area contributed by atoms with Crippen molar-refractivity contribution in [1.82, 2.24) is 20.2 Å². The molecular formula is C20H22N4O2. The number of aromatic nitrogens is 2. The molecule has 2 aromatic rings. The summed E-state index contributed by atoms with van der Waals surface area (Å²) in [5.41, 5.74) is 3.16. The summed E-state index contributed by atoms with van der Waals surface area (Å²) in [4.78, 5) is 34.6. The van der Waals surface area contributed by atoms with Crippen LogP contribution in [0.4, 0.5) is 0 Å². The van der Waals surface area contributed by atoms with Crippen LogP contribution in [0, 0.1) is 0 Å². The standard InChI is InChI=1S/C20H22N4O2/c25-19-10-16(11-22-19)14-4-6-15(7-5-14)17-12-21-13-18(23-17)20(26)24-8-2-1-3-9-24/h4-7,12-13,16H,1-3,8-11H2,(H,22,25). The van der Waals surface area contributed by atoms with E-state index in [9.17, 15) is 9.59 Å². The Morgan fingerprint density at radius 3 is 2.54 bits per heavy atom. The molecule has 1 aromatic heterocycles. The monoisotopic (exact) mass is 350 g/mol. The summed E-state index contributed by atoms with van der Waals surface area (Å²) in [6.45, 7) is 2.29. The number of rotatable bonds is 3. The first-order valence-electron chi connectivity index (χ1n) is 9.19. The molecule has 0 spiro atoms. The summed E-state index contributed by atoms with van der Waals surface area (Å²) in [6, 6.07) is 8.02. The second-order valence-electron chi connectivity index (χ2n) is 6.97. The third-order valence-corrected chi connectivity index (χ3v) is 5.15. The number of amides is 2. The molecule has 1 atom stereocenters. The van der Waals surface area contributed by atoms with Crippen LogP contribution in [-0.4, -0.2) is 46.3 Å². The molecule has 0 aliphatic carbocycles. The number of nitrogens with one attached hydrogen (secondary N) is 1. The van der Waals surface area contributed by atoms with Gasteiger partial charge in [0.2, 0.25) is 5.91 Å². The number of benzene rings is 1. The maximum absolute atomic E-state index is 12.6. The summed E-state index contributed by atoms with van der Waals surface area (Å²) < 4.78 is 0. The molecule has 2 aliphatic rings. The number of hydrogen-bond donors (Lipinski definition) is 1. The van der Waals surface area contributed by atoms with Gasteiger partial charge in [0, 0.05) is 37.5 Å². The van der Waals surface area contributed by atoms with Crippen molar-refractivity contribution < 1.29 is 9.59 Å². The fourth-order valence-corrected chi connectivity index (χ4v) is 3.63. The van der Waals surface area contributed by atoms with Crippen molar-refractivity contribution in [3.63, 3.8) is 0 Å². The van der Waals surface area contributed by atoms with Crippen molar-refractivity contribution >= 4 is 11.8 Å². The van der Waals surface area contributed by atoms with Gasteiger partial charge in [-0.2, -0.15) is 0 Å². The van der Waals surface area contributed by atoms with E-state index in [-0.39, 0.29) is 17.7 Å². The van der Waals surface area contributed by atoms with E-state index in [0.717, 1.165) is 37.1 Å². The zero-order valence-electron chi connectivity index (χ0n) is 14.6. The Labute approximate surface area is 152 Å². The van der Waals surface area contributed by atoms with Gasteiger partial charge in [0.15, 0.2) is 0 Å². The molecule has 4 rings (SSSR count). The van der Waals surface area contributed by atoms with Crippen molar-refractivity contribution in [1.29, 1.82) is 0 Å². The van der Waals surface area contributed by atoms with Crippen LogP contribution < -0.4 is 5.32 Å². The van der Waals surface area contributed by atoms with Crippen LogP contribution in [0.5, 0.6) is 0 Å². The molecule has 2 aliphatic heterocycles. The zero-order valence-corrected chi connectivity index (χ0v) is 14.6. The normalized spacial score (nSPS) is 20.1. The molecular weight excluding hydrogens is 328 g/mol. The number of carbonyl (C=O) groups is 2. The van der Waals surface area contributed by atoms with Gasteiger partial charge in [-0.1, -0.05) is 24.3 Å². The minimum absolute atomic E-state index is 0.0359. The van der Waals surface area contributed by atoms with Crippen molar-refractivity contribution in [2.75, 3.05) is 19.6 Å². The van der Waals surface area contributed by atoms with Crippen LogP contribution in [0.3, 0.4) is 0 Å². The highest BCUT2D eigenvalue weighted by Crippen LogP contribution is 2.26. The third-order valence-electron chi connectivity index (χ3n) is 5.15. The number of carbonyl (C=O) groups excluding carboxylic acids is 2. The minimum atomic E-state index is -0.0359. The van der Waals surface area contributed by atoms with Gasteiger partial charge in [0.1, 0.15) is 5.69 Å². The number of likely N-dealkylation sites (tertiary alicyclic amines) is 1. The van der Waals surface area contributed by atoms with Crippen molar-refractivity contribution in [2.45, 2.75) is 31.6 Å². The van der Waals surface area contributed by atoms with Crippen LogP contribution in [0.2, 0.25) is 0 Å². The van der Waals surface area contributed by atoms with E-state index in [4.69, 9.17) is 0 Å². The summed E-state index contributed by atoms with van der Waals surface area (Å²) >= 11 is 0. The van der Waals surface area contributed by atoms with Crippen LogP contribution in [0.1, 0.15) is 47.7 Å². The molecule has 1 unspecified atom stereocenters. The predicted octanol–water partition coefficient (Wildman–Crippen LogP) is 2.37. The SMILES string of the molecule is O=C1CC(c2ccc(-c3cncc(C(=O)N4CCCCC4)n3)cc2)CN1. The molecule has 134 valence electrons. The van der Waals surface area contributed by atoms with E-state index >= 15 is 0 Å². The predicted molar refractivity (Wildman–Crippen MR) is 97.6 cm³/mol. The average Bonchev–Trinajstić information content (AvgIpc) is 3.15. The smallest absolute Gasteiger partial charge is 0.274 e. The lowest BCUT2D eigenvalue weighted by atomic mass is 9.97. The van der Waals surface area contributed by atoms with Gasteiger partial charge in [-0.05, 0) is 24.8 Å². The molecule has 1 aromatic carbocycles. The lowest BCUT2D eigenvalue weighted by Gasteiger charge is -2.26. The van der Waals surface area contributed by atoms with Crippen LogP contribution >= 0.6 is 0 Å². The summed E-state index contributed by atoms with van der Waals surface area (Å²) in [7, 11) is 0. The molecule has 2 saturated heterocycles. The molecule has 26 heavy (non-hydrogen) atoms. The fourth-order valence-electron chi connectivity index (χ4n) is 3.63. The van der Waals surface area contributed by atoms with Gasteiger partial charge in [0.25, 0.3) is 5.91 Å². The fraction of sp³-hybridized carbons (Fsp3) is 0.400. The Hall–Kier alpha value is -2.76. The molecule has 0 radical (unpaired) electrons. The van der Waals surface area contributed by atoms with Gasteiger partial charge in [-0.25, -0.2) is 4.98 Å². The first-order valence-corrected chi connectivity index (χ1v) is 9.19.